The van der Waals surface area contributed by atoms with Crippen LogP contribution in [0, 0.1) is 11.2 Å². The number of fused-ring (bicyclic) bond motifs is 1. The second-order valence-corrected chi connectivity index (χ2v) is 8.08. The van der Waals surface area contributed by atoms with Gasteiger partial charge in [-0.1, -0.05) is 12.1 Å². The van der Waals surface area contributed by atoms with Crippen LogP contribution in [-0.4, -0.2) is 42.5 Å². The van der Waals surface area contributed by atoms with Gasteiger partial charge in [0.05, 0.1) is 13.5 Å². The zero-order chi connectivity index (χ0) is 23.6. The number of ether oxygens (including phenoxy) is 1. The number of pyridine rings is 1. The summed E-state index contributed by atoms with van der Waals surface area (Å²) >= 11 is 0. The van der Waals surface area contributed by atoms with E-state index >= 15 is 0 Å². The standard InChI is InChI=1S/C25H31FN4O3/c1-33-23-10-8-18(13-22(23)26)21(14-24(31)32)19(15-27)16-28-11-3-2-6-20-9-7-17-5-4-12-29-25(17)30-20/h7-10,13,15-16,21,27-28H,2-6,11-12,14H2,1H3,(H,29,30)(H,31,32)/b19-16+,27-15?. The molecule has 4 N–H and O–H groups in total. The van der Waals surface area contributed by atoms with Gasteiger partial charge in [0.1, 0.15) is 5.82 Å². The SMILES string of the molecule is COc1ccc(C(CC(=O)O)/C(C=N)=C/NCCCCc2ccc3c(n2)NCCC3)cc1F. The van der Waals surface area contributed by atoms with Crippen LogP contribution in [0.3, 0.4) is 0 Å². The Hall–Kier alpha value is -3.42. The molecule has 8 heteroatoms. The van der Waals surface area contributed by atoms with Crippen molar-refractivity contribution in [3.8, 4) is 5.75 Å². The van der Waals surface area contributed by atoms with Crippen LogP contribution in [0.5, 0.6) is 5.75 Å². The monoisotopic (exact) mass is 454 g/mol. The molecule has 0 amide bonds. The number of anilines is 1. The molecule has 0 bridgehead atoms. The van der Waals surface area contributed by atoms with Crippen LogP contribution in [0.15, 0.2) is 42.1 Å². The molecule has 0 saturated heterocycles. The first kappa shape index (κ1) is 24.2. The lowest BCUT2D eigenvalue weighted by Gasteiger charge is -2.18. The molecule has 0 saturated carbocycles. The van der Waals surface area contributed by atoms with Crippen LogP contribution < -0.4 is 15.4 Å². The van der Waals surface area contributed by atoms with Crippen LogP contribution in [0.25, 0.3) is 0 Å². The van der Waals surface area contributed by atoms with Gasteiger partial charge in [-0.3, -0.25) is 4.79 Å². The fourth-order valence-electron chi connectivity index (χ4n) is 3.98. The zero-order valence-corrected chi connectivity index (χ0v) is 18.9. The minimum atomic E-state index is -1.02. The molecule has 7 nitrogen and oxygen atoms in total. The third-order valence-electron chi connectivity index (χ3n) is 5.75. The van der Waals surface area contributed by atoms with Gasteiger partial charge in [-0.2, -0.15) is 0 Å². The number of nitrogens with one attached hydrogen (secondary N) is 3. The predicted molar refractivity (Wildman–Crippen MR) is 127 cm³/mol. The number of hydrogen-bond acceptors (Lipinski definition) is 6. The summed E-state index contributed by atoms with van der Waals surface area (Å²) in [6, 6.07) is 8.62. The number of aliphatic carboxylic acids is 1. The number of carbonyl (C=O) groups is 1. The van der Waals surface area contributed by atoms with Crippen molar-refractivity contribution < 1.29 is 19.0 Å². The average molecular weight is 455 g/mol. The number of aryl methyl sites for hydroxylation is 2. The van der Waals surface area contributed by atoms with E-state index in [0.29, 0.717) is 17.7 Å². The number of rotatable bonds is 12. The van der Waals surface area contributed by atoms with Crippen LogP contribution in [-0.2, 0) is 17.6 Å². The van der Waals surface area contributed by atoms with Gasteiger partial charge >= 0.3 is 5.97 Å². The van der Waals surface area contributed by atoms with Gasteiger partial charge in [-0.15, -0.1) is 0 Å². The quantitative estimate of drug-likeness (QED) is 0.282. The van der Waals surface area contributed by atoms with Crippen LogP contribution in [0.1, 0.15) is 48.4 Å². The number of halogens is 1. The molecule has 1 aromatic carbocycles. The first-order chi connectivity index (χ1) is 16.0. The molecule has 2 heterocycles. The molecule has 0 aliphatic carbocycles. The van der Waals surface area contributed by atoms with Crippen molar-refractivity contribution in [2.45, 2.75) is 44.4 Å². The Morgan fingerprint density at radius 3 is 2.94 bits per heavy atom. The Kier molecular flexibility index (Phi) is 8.80. The zero-order valence-electron chi connectivity index (χ0n) is 18.9. The Labute approximate surface area is 193 Å². The summed E-state index contributed by atoms with van der Waals surface area (Å²) in [5, 5.41) is 23.6. The van der Waals surface area contributed by atoms with Crippen LogP contribution >= 0.6 is 0 Å². The molecule has 1 aliphatic rings. The number of hydrogen-bond donors (Lipinski definition) is 4. The molecule has 0 radical (unpaired) electrons. The smallest absolute Gasteiger partial charge is 0.304 e. The number of nitrogens with zero attached hydrogens (tertiary/aromatic N) is 1. The first-order valence-corrected chi connectivity index (χ1v) is 11.2. The van der Waals surface area contributed by atoms with Crippen molar-refractivity contribution in [1.29, 1.82) is 5.41 Å². The minimum Gasteiger partial charge on any atom is -0.494 e. The molecular formula is C25H31FN4O3. The molecule has 1 aliphatic heterocycles. The lowest BCUT2D eigenvalue weighted by molar-refractivity contribution is -0.137. The maximum absolute atomic E-state index is 14.2. The normalized spacial score (nSPS) is 14.1. The topological polar surface area (TPSA) is 107 Å². The summed E-state index contributed by atoms with van der Waals surface area (Å²) in [5.74, 6) is -1.12. The molecule has 33 heavy (non-hydrogen) atoms. The number of carboxylic acids is 1. The van der Waals surface area contributed by atoms with Gasteiger partial charge in [0.15, 0.2) is 11.6 Å². The number of benzene rings is 1. The minimum absolute atomic E-state index is 0.0931. The molecule has 0 fully saturated rings. The molecule has 2 aromatic rings. The molecular weight excluding hydrogens is 423 g/mol. The Morgan fingerprint density at radius 1 is 1.36 bits per heavy atom. The number of carboxylic acid groups (broad SMARTS) is 1. The molecule has 1 unspecified atom stereocenters. The number of methoxy groups -OCH3 is 1. The molecule has 3 rings (SSSR count). The van der Waals surface area contributed by atoms with Gasteiger partial charge in [0.25, 0.3) is 0 Å². The summed E-state index contributed by atoms with van der Waals surface area (Å²) in [7, 11) is 1.37. The van der Waals surface area contributed by atoms with E-state index in [9.17, 15) is 14.3 Å². The van der Waals surface area contributed by atoms with Crippen molar-refractivity contribution >= 4 is 18.0 Å². The van der Waals surface area contributed by atoms with Gasteiger partial charge in [0, 0.05) is 37.1 Å². The van der Waals surface area contributed by atoms with E-state index in [1.54, 1.807) is 12.3 Å². The van der Waals surface area contributed by atoms with E-state index in [4.69, 9.17) is 15.1 Å². The van der Waals surface area contributed by atoms with E-state index in [1.165, 1.54) is 24.8 Å². The highest BCUT2D eigenvalue weighted by atomic mass is 19.1. The van der Waals surface area contributed by atoms with Crippen molar-refractivity contribution in [1.82, 2.24) is 10.3 Å². The van der Waals surface area contributed by atoms with E-state index in [-0.39, 0.29) is 12.2 Å². The largest absolute Gasteiger partial charge is 0.494 e. The van der Waals surface area contributed by atoms with Crippen LogP contribution in [0.4, 0.5) is 10.2 Å². The third kappa shape index (κ3) is 6.78. The van der Waals surface area contributed by atoms with Gasteiger partial charge in [-0.05, 0) is 67.0 Å². The fraction of sp³-hybridized carbons (Fsp3) is 0.400. The highest BCUT2D eigenvalue weighted by Gasteiger charge is 2.21. The van der Waals surface area contributed by atoms with E-state index < -0.39 is 17.7 Å². The number of unbranched alkanes of at least 4 members (excludes halogenated alkanes) is 1. The van der Waals surface area contributed by atoms with Gasteiger partial charge < -0.3 is 25.9 Å². The molecule has 1 aromatic heterocycles. The van der Waals surface area contributed by atoms with Gasteiger partial charge in [0.2, 0.25) is 0 Å². The lowest BCUT2D eigenvalue weighted by Crippen LogP contribution is -2.15. The average Bonchev–Trinajstić information content (AvgIpc) is 2.82. The van der Waals surface area contributed by atoms with Crippen molar-refractivity contribution in [2.75, 3.05) is 25.5 Å². The summed E-state index contributed by atoms with van der Waals surface area (Å²) in [5.41, 5.74) is 3.31. The van der Waals surface area contributed by atoms with Crippen molar-refractivity contribution in [3.05, 3.63) is 64.7 Å². The van der Waals surface area contributed by atoms with Crippen molar-refractivity contribution in [3.63, 3.8) is 0 Å². The molecule has 1 atom stereocenters. The first-order valence-electron chi connectivity index (χ1n) is 11.2. The predicted octanol–water partition coefficient (Wildman–Crippen LogP) is 4.29. The summed E-state index contributed by atoms with van der Waals surface area (Å²) in [6.07, 6.45) is 7.48. The Bertz CT molecular complexity index is 1010. The van der Waals surface area contributed by atoms with E-state index in [2.05, 4.69) is 22.8 Å². The van der Waals surface area contributed by atoms with Gasteiger partial charge in [-0.25, -0.2) is 9.37 Å². The fourth-order valence-corrected chi connectivity index (χ4v) is 3.98. The van der Waals surface area contributed by atoms with E-state index in [0.717, 1.165) is 56.4 Å². The molecule has 176 valence electrons. The lowest BCUT2D eigenvalue weighted by atomic mass is 9.89. The summed E-state index contributed by atoms with van der Waals surface area (Å²) in [6.45, 7) is 1.65. The Morgan fingerprint density at radius 2 is 2.21 bits per heavy atom. The Balaban J connectivity index is 1.55. The third-order valence-corrected chi connectivity index (χ3v) is 5.75. The summed E-state index contributed by atoms with van der Waals surface area (Å²) in [4.78, 5) is 16.1. The maximum atomic E-state index is 14.2. The van der Waals surface area contributed by atoms with Crippen LogP contribution in [0.2, 0.25) is 0 Å². The maximum Gasteiger partial charge on any atom is 0.304 e. The second-order valence-electron chi connectivity index (χ2n) is 8.08. The molecule has 0 spiro atoms. The summed E-state index contributed by atoms with van der Waals surface area (Å²) < 4.78 is 19.1. The van der Waals surface area contributed by atoms with E-state index in [1.807, 2.05) is 0 Å². The highest BCUT2D eigenvalue weighted by molar-refractivity contribution is 5.81. The highest BCUT2D eigenvalue weighted by Crippen LogP contribution is 2.30. The number of aromatic nitrogens is 1. The van der Waals surface area contributed by atoms with Crippen molar-refractivity contribution in [2.24, 2.45) is 0 Å². The number of allylic oxidation sites excluding steroid dienone is 1. The second kappa shape index (κ2) is 12.0.